The van der Waals surface area contributed by atoms with Gasteiger partial charge in [0.05, 0.1) is 0 Å². The average molecular weight is 319 g/mol. The van der Waals surface area contributed by atoms with E-state index in [2.05, 4.69) is 34.0 Å². The summed E-state index contributed by atoms with van der Waals surface area (Å²) in [6.45, 7) is 8.28. The van der Waals surface area contributed by atoms with Crippen molar-refractivity contribution in [1.82, 2.24) is 9.97 Å². The molecule has 0 radical (unpaired) electrons. The Morgan fingerprint density at radius 1 is 1.05 bits per heavy atom. The van der Waals surface area contributed by atoms with Crippen molar-refractivity contribution in [2.75, 3.05) is 23.3 Å². The molecule has 22 heavy (non-hydrogen) atoms. The molecular weight excluding hydrogens is 296 g/mol. The van der Waals surface area contributed by atoms with Crippen LogP contribution in [-0.2, 0) is 0 Å². The molecule has 1 N–H and O–H groups in total. The predicted molar refractivity (Wildman–Crippen MR) is 94.3 cm³/mol. The molecule has 0 unspecified atom stereocenters. The molecule has 2 aromatic rings. The van der Waals surface area contributed by atoms with Crippen LogP contribution in [0.3, 0.4) is 0 Å². The van der Waals surface area contributed by atoms with Gasteiger partial charge >= 0.3 is 0 Å². The summed E-state index contributed by atoms with van der Waals surface area (Å²) in [4.78, 5) is 11.5. The van der Waals surface area contributed by atoms with Gasteiger partial charge in [-0.1, -0.05) is 25.4 Å². The molecule has 0 atom stereocenters. The number of nitrogens with zero attached hydrogens (tertiary/aromatic N) is 3. The van der Waals surface area contributed by atoms with Crippen molar-refractivity contribution in [3.05, 3.63) is 41.0 Å². The molecule has 0 spiro atoms. The largest absolute Gasteiger partial charge is 0.341 e. The first-order chi connectivity index (χ1) is 10.6. The highest BCUT2D eigenvalue weighted by molar-refractivity contribution is 6.30. The van der Waals surface area contributed by atoms with Crippen LogP contribution in [0.15, 0.2) is 30.3 Å². The third-order valence-corrected chi connectivity index (χ3v) is 3.48. The van der Waals surface area contributed by atoms with Crippen molar-refractivity contribution < 1.29 is 0 Å². The molecule has 2 rings (SSSR count). The minimum Gasteiger partial charge on any atom is -0.341 e. The lowest BCUT2D eigenvalue weighted by molar-refractivity contribution is 0.720. The van der Waals surface area contributed by atoms with Crippen molar-refractivity contribution in [3.8, 4) is 0 Å². The Labute approximate surface area is 137 Å². The van der Waals surface area contributed by atoms with Crippen molar-refractivity contribution in [2.45, 2.75) is 33.6 Å². The number of rotatable bonds is 7. The number of hydrogen-bond acceptors (Lipinski definition) is 4. The summed E-state index contributed by atoms with van der Waals surface area (Å²) >= 11 is 5.92. The van der Waals surface area contributed by atoms with Crippen molar-refractivity contribution in [3.63, 3.8) is 0 Å². The van der Waals surface area contributed by atoms with E-state index >= 15 is 0 Å². The van der Waals surface area contributed by atoms with E-state index in [1.165, 1.54) is 0 Å². The second-order valence-corrected chi connectivity index (χ2v) is 5.75. The highest BCUT2D eigenvalue weighted by atomic mass is 35.5. The fourth-order valence-corrected chi connectivity index (χ4v) is 2.42. The smallest absolute Gasteiger partial charge is 0.227 e. The van der Waals surface area contributed by atoms with E-state index in [0.29, 0.717) is 0 Å². The van der Waals surface area contributed by atoms with Crippen LogP contribution in [0.4, 0.5) is 17.5 Å². The monoisotopic (exact) mass is 318 g/mol. The third-order valence-electron chi connectivity index (χ3n) is 3.23. The first kappa shape index (κ1) is 16.6. The molecule has 0 amide bonds. The Kier molecular flexibility index (Phi) is 6.01. The molecule has 1 aromatic carbocycles. The van der Waals surface area contributed by atoms with E-state index in [1.807, 2.05) is 37.3 Å². The fraction of sp³-hybridized carbons (Fsp3) is 0.412. The molecule has 0 saturated carbocycles. The lowest BCUT2D eigenvalue weighted by atomic mass is 10.3. The van der Waals surface area contributed by atoms with Crippen molar-refractivity contribution >= 4 is 29.1 Å². The maximum atomic E-state index is 5.92. The summed E-state index contributed by atoms with van der Waals surface area (Å²) in [5, 5.41) is 4.04. The molecule has 0 aliphatic rings. The minimum absolute atomic E-state index is 0.724. The van der Waals surface area contributed by atoms with E-state index < -0.39 is 0 Å². The van der Waals surface area contributed by atoms with Crippen LogP contribution in [0.5, 0.6) is 0 Å². The van der Waals surface area contributed by atoms with E-state index in [9.17, 15) is 0 Å². The molecule has 0 fully saturated rings. The maximum absolute atomic E-state index is 5.92. The van der Waals surface area contributed by atoms with E-state index in [-0.39, 0.29) is 0 Å². The van der Waals surface area contributed by atoms with Gasteiger partial charge in [-0.3, -0.25) is 0 Å². The van der Waals surface area contributed by atoms with Crippen molar-refractivity contribution in [1.29, 1.82) is 0 Å². The Morgan fingerprint density at radius 3 is 2.27 bits per heavy atom. The summed E-state index contributed by atoms with van der Waals surface area (Å²) in [6.07, 6.45) is 2.16. The summed E-state index contributed by atoms with van der Waals surface area (Å²) in [5.41, 5.74) is 1.92. The van der Waals surface area contributed by atoms with Gasteiger partial charge in [0.15, 0.2) is 0 Å². The zero-order valence-electron chi connectivity index (χ0n) is 13.4. The second kappa shape index (κ2) is 7.99. The second-order valence-electron chi connectivity index (χ2n) is 5.31. The molecule has 0 saturated heterocycles. The number of halogens is 1. The molecule has 0 aliphatic carbocycles. The Morgan fingerprint density at radius 2 is 1.68 bits per heavy atom. The molecule has 0 bridgehead atoms. The molecule has 118 valence electrons. The number of anilines is 3. The molecule has 1 aromatic heterocycles. The number of hydrogen-bond donors (Lipinski definition) is 1. The zero-order valence-corrected chi connectivity index (χ0v) is 14.2. The normalized spacial score (nSPS) is 10.5. The van der Waals surface area contributed by atoms with E-state index in [0.717, 1.165) is 54.1 Å². The summed E-state index contributed by atoms with van der Waals surface area (Å²) in [5.74, 6) is 1.60. The van der Waals surface area contributed by atoms with E-state index in [1.54, 1.807) is 0 Å². The molecule has 1 heterocycles. The number of nitrogens with one attached hydrogen (secondary N) is 1. The van der Waals surface area contributed by atoms with Gasteiger partial charge in [-0.15, -0.1) is 0 Å². The van der Waals surface area contributed by atoms with Gasteiger partial charge in [0.1, 0.15) is 5.82 Å². The first-order valence-electron chi connectivity index (χ1n) is 7.75. The van der Waals surface area contributed by atoms with Gasteiger partial charge in [0.25, 0.3) is 0 Å². The first-order valence-corrected chi connectivity index (χ1v) is 8.13. The van der Waals surface area contributed by atoms with Crippen molar-refractivity contribution in [2.24, 2.45) is 0 Å². The summed E-state index contributed by atoms with van der Waals surface area (Å²) < 4.78 is 0. The van der Waals surface area contributed by atoms with Crippen LogP contribution in [0.2, 0.25) is 5.02 Å². The van der Waals surface area contributed by atoms with Crippen LogP contribution < -0.4 is 10.2 Å². The van der Waals surface area contributed by atoms with E-state index in [4.69, 9.17) is 11.6 Å². The predicted octanol–water partition coefficient (Wildman–Crippen LogP) is 4.81. The van der Waals surface area contributed by atoms with Crippen LogP contribution in [0.25, 0.3) is 0 Å². The zero-order chi connectivity index (χ0) is 15.9. The highest BCUT2D eigenvalue weighted by Crippen LogP contribution is 2.20. The Hall–Kier alpha value is -1.81. The van der Waals surface area contributed by atoms with Gasteiger partial charge in [-0.25, -0.2) is 4.98 Å². The quantitative estimate of drug-likeness (QED) is 0.795. The fourth-order valence-electron chi connectivity index (χ4n) is 2.29. The van der Waals surface area contributed by atoms with Crippen LogP contribution in [-0.4, -0.2) is 23.1 Å². The van der Waals surface area contributed by atoms with Gasteiger partial charge in [0, 0.05) is 35.6 Å². The number of benzene rings is 1. The third kappa shape index (κ3) is 4.60. The summed E-state index contributed by atoms with van der Waals surface area (Å²) in [7, 11) is 0. The highest BCUT2D eigenvalue weighted by Gasteiger charge is 2.10. The molecular formula is C17H23ClN4. The van der Waals surface area contributed by atoms with Gasteiger partial charge < -0.3 is 10.2 Å². The molecule has 4 nitrogen and oxygen atoms in total. The summed E-state index contributed by atoms with van der Waals surface area (Å²) in [6, 6.07) is 9.55. The standard InChI is InChI=1S/C17H23ClN4/c1-4-10-22(11-5-2)17-19-13(3)12-16(21-17)20-15-8-6-14(18)7-9-15/h6-9,12H,4-5,10-11H2,1-3H3,(H,19,20,21). The van der Waals surface area contributed by atoms with Gasteiger partial charge in [-0.05, 0) is 44.0 Å². The maximum Gasteiger partial charge on any atom is 0.227 e. The lowest BCUT2D eigenvalue weighted by Crippen LogP contribution is -2.27. The lowest BCUT2D eigenvalue weighted by Gasteiger charge is -2.22. The minimum atomic E-state index is 0.724. The molecule has 5 heteroatoms. The molecule has 0 aliphatic heterocycles. The number of aryl methyl sites for hydroxylation is 1. The van der Waals surface area contributed by atoms with Gasteiger partial charge in [-0.2, -0.15) is 4.98 Å². The van der Waals surface area contributed by atoms with Crippen LogP contribution in [0, 0.1) is 6.92 Å². The van der Waals surface area contributed by atoms with Crippen LogP contribution in [0.1, 0.15) is 32.4 Å². The average Bonchev–Trinajstić information content (AvgIpc) is 2.49. The van der Waals surface area contributed by atoms with Crippen LogP contribution >= 0.6 is 11.6 Å². The van der Waals surface area contributed by atoms with Gasteiger partial charge in [0.2, 0.25) is 5.95 Å². The Bertz CT molecular complexity index is 592. The topological polar surface area (TPSA) is 41.1 Å². The Balaban J connectivity index is 2.23. The number of aromatic nitrogens is 2. The SMILES string of the molecule is CCCN(CCC)c1nc(C)cc(Nc2ccc(Cl)cc2)n1.